The average Bonchev–Trinajstić information content (AvgIpc) is 3.54. The Morgan fingerprint density at radius 2 is 1.71 bits per heavy atom. The van der Waals surface area contributed by atoms with Crippen molar-refractivity contribution in [2.45, 2.75) is 17.9 Å². The smallest absolute Gasteiger partial charge is 0.252 e. The first kappa shape index (κ1) is 22.0. The fraction of sp³-hybridized carbons (Fsp3) is 0.148. The van der Waals surface area contributed by atoms with Gasteiger partial charge in [0.1, 0.15) is 0 Å². The van der Waals surface area contributed by atoms with E-state index in [0.29, 0.717) is 18.7 Å². The van der Waals surface area contributed by atoms with Crippen molar-refractivity contribution in [3.63, 3.8) is 0 Å². The highest BCUT2D eigenvalue weighted by Crippen LogP contribution is 2.29. The van der Waals surface area contributed by atoms with Gasteiger partial charge in [0.15, 0.2) is 0 Å². The molecule has 0 saturated heterocycles. The van der Waals surface area contributed by atoms with Gasteiger partial charge in [-0.3, -0.25) is 9.59 Å². The Labute approximate surface area is 202 Å². The molecule has 0 unspecified atom stereocenters. The van der Waals surface area contributed by atoms with Gasteiger partial charge in [-0.2, -0.15) is 5.10 Å². The predicted molar refractivity (Wildman–Crippen MR) is 134 cm³/mol. The summed E-state index contributed by atoms with van der Waals surface area (Å²) in [5.41, 5.74) is 4.64. The molecule has 0 atom stereocenters. The first-order valence-electron chi connectivity index (χ1n) is 11.2. The number of nitrogens with one attached hydrogen (secondary N) is 1. The summed E-state index contributed by atoms with van der Waals surface area (Å²) >= 11 is 1.40. The quantitative estimate of drug-likeness (QED) is 0.406. The van der Waals surface area contributed by atoms with Gasteiger partial charge in [-0.15, -0.1) is 11.8 Å². The number of benzene rings is 3. The number of thioether (sulfide) groups is 1. The van der Waals surface area contributed by atoms with E-state index in [2.05, 4.69) is 16.5 Å². The normalized spacial score (nSPS) is 12.4. The maximum atomic E-state index is 12.9. The Hall–Kier alpha value is -3.84. The van der Waals surface area contributed by atoms with Crippen LogP contribution in [0.4, 0.5) is 5.69 Å². The van der Waals surface area contributed by atoms with E-state index in [1.54, 1.807) is 16.9 Å². The van der Waals surface area contributed by atoms with Crippen molar-refractivity contribution < 1.29 is 9.59 Å². The van der Waals surface area contributed by atoms with Gasteiger partial charge in [0.05, 0.1) is 23.2 Å². The molecule has 1 aliphatic rings. The third kappa shape index (κ3) is 4.75. The number of anilines is 1. The number of fused-ring (bicyclic) bond motifs is 1. The van der Waals surface area contributed by atoms with Gasteiger partial charge in [0.2, 0.25) is 5.91 Å². The van der Waals surface area contributed by atoms with Crippen LogP contribution in [-0.4, -0.2) is 33.9 Å². The molecule has 1 N–H and O–H groups in total. The maximum Gasteiger partial charge on any atom is 0.252 e. The summed E-state index contributed by atoms with van der Waals surface area (Å²) in [4.78, 5) is 28.5. The number of carbonyl (C=O) groups excluding carboxylic acids is 2. The van der Waals surface area contributed by atoms with Crippen molar-refractivity contribution in [3.05, 3.63) is 108 Å². The minimum Gasteiger partial charge on any atom is -0.348 e. The third-order valence-electron chi connectivity index (χ3n) is 5.78. The fourth-order valence-corrected chi connectivity index (χ4v) is 4.97. The molecule has 0 radical (unpaired) electrons. The second kappa shape index (κ2) is 9.97. The standard InChI is InChI=1S/C27H24N4O2S/c32-26(30-15-14-21-8-4-6-12-24(21)30)19-34-25-13-7-5-11-23(25)27(33)28-16-20-17-29-31(18-20)22-9-2-1-3-10-22/h1-13,17-18H,14-16,19H2,(H,28,33). The van der Waals surface area contributed by atoms with Crippen LogP contribution in [0.3, 0.4) is 0 Å². The molecule has 4 aromatic rings. The molecule has 0 saturated carbocycles. The van der Waals surface area contributed by atoms with E-state index in [0.717, 1.165) is 28.3 Å². The van der Waals surface area contributed by atoms with Crippen LogP contribution in [-0.2, 0) is 17.8 Å². The number of hydrogen-bond donors (Lipinski definition) is 1. The van der Waals surface area contributed by atoms with Crippen LogP contribution in [0.2, 0.25) is 0 Å². The fourth-order valence-electron chi connectivity index (χ4n) is 4.05. The highest BCUT2D eigenvalue weighted by molar-refractivity contribution is 8.00. The van der Waals surface area contributed by atoms with Gasteiger partial charge in [-0.25, -0.2) is 4.68 Å². The second-order valence-corrected chi connectivity index (χ2v) is 9.04. The Kier molecular flexibility index (Phi) is 6.44. The summed E-state index contributed by atoms with van der Waals surface area (Å²) in [5, 5.41) is 7.35. The highest BCUT2D eigenvalue weighted by atomic mass is 32.2. The monoisotopic (exact) mass is 468 g/mol. The molecular formula is C27H24N4O2S. The zero-order valence-electron chi connectivity index (χ0n) is 18.6. The van der Waals surface area contributed by atoms with E-state index in [9.17, 15) is 9.59 Å². The molecule has 170 valence electrons. The van der Waals surface area contributed by atoms with Crippen molar-refractivity contribution in [2.75, 3.05) is 17.2 Å². The van der Waals surface area contributed by atoms with E-state index in [1.807, 2.05) is 77.8 Å². The number of aromatic nitrogens is 2. The zero-order valence-corrected chi connectivity index (χ0v) is 19.4. The third-order valence-corrected chi connectivity index (χ3v) is 6.84. The molecule has 2 amide bonds. The molecule has 1 aromatic heterocycles. The summed E-state index contributed by atoms with van der Waals surface area (Å²) in [7, 11) is 0. The summed E-state index contributed by atoms with van der Waals surface area (Å²) < 4.78 is 1.79. The number of hydrogen-bond acceptors (Lipinski definition) is 4. The number of rotatable bonds is 7. The molecule has 7 heteroatoms. The molecule has 1 aliphatic heterocycles. The molecule has 0 bridgehead atoms. The lowest BCUT2D eigenvalue weighted by Gasteiger charge is -2.17. The SMILES string of the molecule is O=C(NCc1cnn(-c2ccccc2)c1)c1ccccc1SCC(=O)N1CCc2ccccc21. The molecule has 6 nitrogen and oxygen atoms in total. The molecular weight excluding hydrogens is 444 g/mol. The zero-order chi connectivity index (χ0) is 23.3. The van der Waals surface area contributed by atoms with Crippen molar-refractivity contribution in [3.8, 4) is 5.69 Å². The molecule has 0 spiro atoms. The first-order valence-corrected chi connectivity index (χ1v) is 12.1. The van der Waals surface area contributed by atoms with E-state index in [1.165, 1.54) is 17.3 Å². The van der Waals surface area contributed by atoms with Gasteiger partial charge in [0, 0.05) is 35.4 Å². The van der Waals surface area contributed by atoms with Gasteiger partial charge < -0.3 is 10.2 Å². The highest BCUT2D eigenvalue weighted by Gasteiger charge is 2.24. The van der Waals surface area contributed by atoms with Crippen LogP contribution >= 0.6 is 11.8 Å². The van der Waals surface area contributed by atoms with Crippen molar-refractivity contribution in [2.24, 2.45) is 0 Å². The van der Waals surface area contributed by atoms with Crippen LogP contribution in [0, 0.1) is 0 Å². The molecule has 2 heterocycles. The van der Waals surface area contributed by atoms with Crippen LogP contribution in [0.15, 0.2) is 96.2 Å². The summed E-state index contributed by atoms with van der Waals surface area (Å²) in [5.74, 6) is 0.163. The van der Waals surface area contributed by atoms with E-state index < -0.39 is 0 Å². The van der Waals surface area contributed by atoms with Crippen LogP contribution in [0.25, 0.3) is 5.69 Å². The Bertz CT molecular complexity index is 1320. The Balaban J connectivity index is 1.21. The number of para-hydroxylation sites is 2. The molecule has 3 aromatic carbocycles. The van der Waals surface area contributed by atoms with Crippen molar-refractivity contribution in [1.29, 1.82) is 0 Å². The van der Waals surface area contributed by atoms with Crippen molar-refractivity contribution >= 4 is 29.3 Å². The van der Waals surface area contributed by atoms with Gasteiger partial charge in [-0.1, -0.05) is 48.5 Å². The molecule has 0 fully saturated rings. The topological polar surface area (TPSA) is 67.2 Å². The minimum absolute atomic E-state index is 0.0542. The molecule has 5 rings (SSSR count). The maximum absolute atomic E-state index is 12.9. The van der Waals surface area contributed by atoms with E-state index >= 15 is 0 Å². The number of nitrogens with zero attached hydrogens (tertiary/aromatic N) is 3. The van der Waals surface area contributed by atoms with Crippen LogP contribution in [0.5, 0.6) is 0 Å². The van der Waals surface area contributed by atoms with Crippen molar-refractivity contribution in [1.82, 2.24) is 15.1 Å². The number of carbonyl (C=O) groups is 2. The lowest BCUT2D eigenvalue weighted by atomic mass is 10.2. The first-order chi connectivity index (χ1) is 16.7. The molecule has 34 heavy (non-hydrogen) atoms. The summed E-state index contributed by atoms with van der Waals surface area (Å²) in [6.07, 6.45) is 4.54. The number of amides is 2. The van der Waals surface area contributed by atoms with Crippen LogP contribution < -0.4 is 10.2 Å². The average molecular weight is 469 g/mol. The van der Waals surface area contributed by atoms with E-state index in [-0.39, 0.29) is 17.6 Å². The largest absolute Gasteiger partial charge is 0.348 e. The Morgan fingerprint density at radius 3 is 2.59 bits per heavy atom. The van der Waals surface area contributed by atoms with Gasteiger partial charge in [0.25, 0.3) is 5.91 Å². The van der Waals surface area contributed by atoms with Gasteiger partial charge >= 0.3 is 0 Å². The lowest BCUT2D eigenvalue weighted by Crippen LogP contribution is -2.30. The van der Waals surface area contributed by atoms with Gasteiger partial charge in [-0.05, 0) is 42.3 Å². The lowest BCUT2D eigenvalue weighted by molar-refractivity contribution is -0.116. The summed E-state index contributed by atoms with van der Waals surface area (Å²) in [6, 6.07) is 25.3. The predicted octanol–water partition coefficient (Wildman–Crippen LogP) is 4.48. The van der Waals surface area contributed by atoms with Crippen LogP contribution in [0.1, 0.15) is 21.5 Å². The van der Waals surface area contributed by atoms with E-state index in [4.69, 9.17) is 0 Å². The minimum atomic E-state index is -0.172. The molecule has 0 aliphatic carbocycles. The Morgan fingerprint density at radius 1 is 0.941 bits per heavy atom. The summed E-state index contributed by atoms with van der Waals surface area (Å²) in [6.45, 7) is 1.08. The second-order valence-electron chi connectivity index (χ2n) is 8.02.